The molecule has 0 nitrogen and oxygen atoms in total. The molecule has 0 unspecified atom stereocenters. The zero-order chi connectivity index (χ0) is 5.91. The topological polar surface area (TPSA) is 0 Å². The quantitative estimate of drug-likeness (QED) is 0.373. The summed E-state index contributed by atoms with van der Waals surface area (Å²) >= 11 is 2.36. The summed E-state index contributed by atoms with van der Waals surface area (Å²) in [5.74, 6) is 0. The molecule has 0 N–H and O–H groups in total. The van der Waals surface area contributed by atoms with E-state index in [9.17, 15) is 0 Å². The van der Waals surface area contributed by atoms with Gasteiger partial charge in [-0.15, -0.1) is 6.58 Å². The highest BCUT2D eigenvalue weighted by atomic mass is 127. The average Bonchev–Trinajstić information content (AvgIpc) is 1.68. The summed E-state index contributed by atoms with van der Waals surface area (Å²) in [6, 6.07) is 0. The second kappa shape index (κ2) is 2.70. The number of hydrogen-bond donors (Lipinski definition) is 0. The molecule has 0 aromatic rings. The van der Waals surface area contributed by atoms with Crippen molar-refractivity contribution >= 4 is 22.6 Å². The largest absolute Gasteiger partial charge is 0.103 e. The van der Waals surface area contributed by atoms with E-state index in [0.29, 0.717) is 5.41 Å². The van der Waals surface area contributed by atoms with Gasteiger partial charge in [0.15, 0.2) is 0 Å². The number of allylic oxidation sites excluding steroid dienone is 1. The highest BCUT2D eigenvalue weighted by molar-refractivity contribution is 14.1. The molecule has 7 heavy (non-hydrogen) atoms. The fourth-order valence-electron chi connectivity index (χ4n) is 0.0546. The zero-order valence-electron chi connectivity index (χ0n) is 4.87. The lowest BCUT2D eigenvalue weighted by molar-refractivity contribution is 0.568. The number of alkyl halides is 1. The summed E-state index contributed by atoms with van der Waals surface area (Å²) in [4.78, 5) is 0. The van der Waals surface area contributed by atoms with Crippen LogP contribution in [0.25, 0.3) is 0 Å². The second-order valence-electron chi connectivity index (χ2n) is 2.33. The van der Waals surface area contributed by atoms with Crippen LogP contribution in [0.3, 0.4) is 0 Å². The van der Waals surface area contributed by atoms with Crippen LogP contribution in [0.2, 0.25) is 0 Å². The summed E-state index contributed by atoms with van der Waals surface area (Å²) < 4.78 is 1.15. The van der Waals surface area contributed by atoms with Crippen molar-refractivity contribution in [1.29, 1.82) is 0 Å². The van der Waals surface area contributed by atoms with Crippen molar-refractivity contribution in [3.05, 3.63) is 12.7 Å². The molecular weight excluding hydrogens is 199 g/mol. The van der Waals surface area contributed by atoms with Crippen LogP contribution in [0, 0.1) is 5.41 Å². The Kier molecular flexibility index (Phi) is 2.88. The van der Waals surface area contributed by atoms with Gasteiger partial charge >= 0.3 is 0 Å². The summed E-state index contributed by atoms with van der Waals surface area (Å²) in [6.45, 7) is 8.04. The van der Waals surface area contributed by atoms with Gasteiger partial charge in [0.25, 0.3) is 0 Å². The number of hydrogen-bond acceptors (Lipinski definition) is 0. The molecule has 0 radical (unpaired) electrons. The summed E-state index contributed by atoms with van der Waals surface area (Å²) in [5.41, 5.74) is 0.334. The molecule has 0 aromatic heterocycles. The Morgan fingerprint density at radius 2 is 2.14 bits per heavy atom. The first-order valence-corrected chi connectivity index (χ1v) is 3.84. The van der Waals surface area contributed by atoms with Crippen LogP contribution in [-0.2, 0) is 0 Å². The van der Waals surface area contributed by atoms with Crippen molar-refractivity contribution < 1.29 is 0 Å². The van der Waals surface area contributed by atoms with Crippen LogP contribution >= 0.6 is 22.6 Å². The maximum atomic E-state index is 3.70. The first-order valence-electron chi connectivity index (χ1n) is 2.32. The van der Waals surface area contributed by atoms with Crippen LogP contribution in [0.15, 0.2) is 12.7 Å². The third-order valence-electron chi connectivity index (χ3n) is 0.897. The molecule has 42 valence electrons. The van der Waals surface area contributed by atoms with Gasteiger partial charge in [0, 0.05) is 4.43 Å². The molecule has 0 bridgehead atoms. The molecule has 0 saturated carbocycles. The molecule has 0 spiro atoms. The van der Waals surface area contributed by atoms with E-state index in [-0.39, 0.29) is 0 Å². The summed E-state index contributed by atoms with van der Waals surface area (Å²) in [7, 11) is 0. The van der Waals surface area contributed by atoms with Gasteiger partial charge in [-0.1, -0.05) is 42.5 Å². The minimum Gasteiger partial charge on any atom is -0.103 e. The Labute approximate surface area is 59.1 Å². The van der Waals surface area contributed by atoms with Crippen LogP contribution in [-0.4, -0.2) is 4.43 Å². The molecule has 0 aliphatic carbocycles. The lowest BCUT2D eigenvalue weighted by Crippen LogP contribution is -2.06. The number of halogens is 1. The minimum absolute atomic E-state index is 0.334. The Morgan fingerprint density at radius 3 is 2.14 bits per heavy atom. The normalized spacial score (nSPS) is 11.3. The Hall–Kier alpha value is 0.470. The molecule has 0 amide bonds. The van der Waals surface area contributed by atoms with Gasteiger partial charge in [0.2, 0.25) is 0 Å². The zero-order valence-corrected chi connectivity index (χ0v) is 7.03. The molecule has 1 heteroatoms. The van der Waals surface area contributed by atoms with E-state index >= 15 is 0 Å². The van der Waals surface area contributed by atoms with Crippen molar-refractivity contribution in [1.82, 2.24) is 0 Å². The highest BCUT2D eigenvalue weighted by Gasteiger charge is 2.08. The van der Waals surface area contributed by atoms with Gasteiger partial charge in [-0.2, -0.15) is 0 Å². The van der Waals surface area contributed by atoms with E-state index in [1.807, 2.05) is 6.08 Å². The van der Waals surface area contributed by atoms with Gasteiger partial charge in [-0.05, 0) is 5.41 Å². The Bertz CT molecular complexity index is 64.6. The fourth-order valence-corrected chi connectivity index (χ4v) is 0.366. The molecule has 0 aromatic carbocycles. The third-order valence-corrected chi connectivity index (χ3v) is 2.86. The van der Waals surface area contributed by atoms with Crippen molar-refractivity contribution in [3.63, 3.8) is 0 Å². The van der Waals surface area contributed by atoms with Crippen LogP contribution in [0.1, 0.15) is 13.8 Å². The third kappa shape index (κ3) is 3.09. The first-order chi connectivity index (χ1) is 3.12. The fraction of sp³-hybridized carbons (Fsp3) is 0.667. The molecule has 0 atom stereocenters. The van der Waals surface area contributed by atoms with Crippen LogP contribution in [0.4, 0.5) is 0 Å². The van der Waals surface area contributed by atoms with Gasteiger partial charge < -0.3 is 0 Å². The predicted molar refractivity (Wildman–Crippen MR) is 42.9 cm³/mol. The predicted octanol–water partition coefficient (Wildman–Crippen LogP) is 2.63. The van der Waals surface area contributed by atoms with Crippen molar-refractivity contribution in [2.24, 2.45) is 5.41 Å². The van der Waals surface area contributed by atoms with Crippen LogP contribution in [0.5, 0.6) is 0 Å². The molecular formula is C6H11I. The molecule has 0 aliphatic rings. The summed E-state index contributed by atoms with van der Waals surface area (Å²) in [6.07, 6.45) is 1.99. The van der Waals surface area contributed by atoms with E-state index in [1.165, 1.54) is 0 Å². The second-order valence-corrected chi connectivity index (χ2v) is 3.09. The SMILES string of the molecule is C=CC(C)(C)CI. The van der Waals surface area contributed by atoms with Gasteiger partial charge in [0.1, 0.15) is 0 Å². The van der Waals surface area contributed by atoms with Crippen LogP contribution < -0.4 is 0 Å². The molecule has 0 heterocycles. The maximum absolute atomic E-state index is 3.70. The first kappa shape index (κ1) is 7.47. The Morgan fingerprint density at radius 1 is 1.71 bits per heavy atom. The van der Waals surface area contributed by atoms with E-state index in [1.54, 1.807) is 0 Å². The summed E-state index contributed by atoms with van der Waals surface area (Å²) in [5, 5.41) is 0. The Balaban J connectivity index is 3.58. The minimum atomic E-state index is 0.334. The van der Waals surface area contributed by atoms with Crippen molar-refractivity contribution in [2.75, 3.05) is 4.43 Å². The smallest absolute Gasteiger partial charge is 0.00812 e. The van der Waals surface area contributed by atoms with Crippen molar-refractivity contribution in [2.45, 2.75) is 13.8 Å². The van der Waals surface area contributed by atoms with E-state index in [0.717, 1.165) is 4.43 Å². The standard InChI is InChI=1S/C6H11I/c1-4-6(2,3)5-7/h4H,1,5H2,2-3H3. The monoisotopic (exact) mass is 210 g/mol. The van der Waals surface area contributed by atoms with E-state index in [4.69, 9.17) is 0 Å². The molecule has 0 saturated heterocycles. The molecule has 0 rings (SSSR count). The number of rotatable bonds is 2. The average molecular weight is 210 g/mol. The van der Waals surface area contributed by atoms with E-state index in [2.05, 4.69) is 43.0 Å². The highest BCUT2D eigenvalue weighted by Crippen LogP contribution is 2.18. The molecule has 0 fully saturated rings. The van der Waals surface area contributed by atoms with Gasteiger partial charge in [0.05, 0.1) is 0 Å². The lowest BCUT2D eigenvalue weighted by Gasteiger charge is -2.13. The van der Waals surface area contributed by atoms with Crippen molar-refractivity contribution in [3.8, 4) is 0 Å². The molecule has 0 aliphatic heterocycles. The van der Waals surface area contributed by atoms with E-state index < -0.39 is 0 Å². The van der Waals surface area contributed by atoms with Gasteiger partial charge in [-0.3, -0.25) is 0 Å². The lowest BCUT2D eigenvalue weighted by atomic mass is 9.98. The van der Waals surface area contributed by atoms with Gasteiger partial charge in [-0.25, -0.2) is 0 Å². The maximum Gasteiger partial charge on any atom is 0.00812 e.